The molecule has 2 aromatic carbocycles. The Bertz CT molecular complexity index is 941. The van der Waals surface area contributed by atoms with E-state index in [2.05, 4.69) is 5.32 Å². The molecule has 2 aromatic rings. The van der Waals surface area contributed by atoms with Crippen molar-refractivity contribution in [3.05, 3.63) is 62.6 Å². The van der Waals surface area contributed by atoms with Crippen LogP contribution in [-0.2, 0) is 19.7 Å². The molecule has 0 aromatic heterocycles. The lowest BCUT2D eigenvalue weighted by atomic mass is 9.59. The summed E-state index contributed by atoms with van der Waals surface area (Å²) in [6.07, 6.45) is -0.244. The molecule has 1 amide bonds. The topological polar surface area (TPSA) is 55.4 Å². The van der Waals surface area contributed by atoms with Crippen molar-refractivity contribution in [3.63, 3.8) is 0 Å². The van der Waals surface area contributed by atoms with Gasteiger partial charge in [0.2, 0.25) is 5.91 Å². The van der Waals surface area contributed by atoms with E-state index in [-0.39, 0.29) is 24.5 Å². The Hall–Kier alpha value is -1.59. The minimum atomic E-state index is -1.06. The number of amides is 1. The van der Waals surface area contributed by atoms with Crippen LogP contribution < -0.4 is 5.32 Å². The van der Waals surface area contributed by atoms with Crippen molar-refractivity contribution < 1.29 is 14.3 Å². The number of anilines is 1. The Labute approximate surface area is 171 Å². The van der Waals surface area contributed by atoms with Crippen LogP contribution in [0.4, 0.5) is 5.69 Å². The number of hydrogen-bond donors (Lipinski definition) is 1. The predicted octanol–water partition coefficient (Wildman–Crippen LogP) is 5.00. The summed E-state index contributed by atoms with van der Waals surface area (Å²) in [5.41, 5.74) is 1.09. The molecule has 2 aliphatic rings. The van der Waals surface area contributed by atoms with Crippen LogP contribution in [0.5, 0.6) is 0 Å². The fraction of sp³-hybridized carbons (Fsp3) is 0.300. The molecule has 0 unspecified atom stereocenters. The highest BCUT2D eigenvalue weighted by molar-refractivity contribution is 6.34. The van der Waals surface area contributed by atoms with E-state index < -0.39 is 17.4 Å². The highest BCUT2D eigenvalue weighted by Crippen LogP contribution is 2.55. The summed E-state index contributed by atoms with van der Waals surface area (Å²) in [6, 6.07) is 10.4. The van der Waals surface area contributed by atoms with Crippen LogP contribution in [0.3, 0.4) is 0 Å². The second-order valence-electron chi connectivity index (χ2n) is 6.94. The fourth-order valence-corrected chi connectivity index (χ4v) is 5.20. The molecule has 1 saturated carbocycles. The average molecular weight is 425 g/mol. The molecule has 1 heterocycles. The smallest absolute Gasteiger partial charge is 0.238 e. The standard InChI is InChI=1S/C20H16Cl3NO3/c1-27-18-9-14(25)8-16(10-4-12(22)6-13(23)5-10)20(18)15-3-2-11(21)7-17(15)24-19(20)26/h2-7,16,18H,8-9H2,1H3,(H,24,26)/t16-,18-,20-/m0/s1. The average Bonchev–Trinajstić information content (AvgIpc) is 2.87. The molecule has 27 heavy (non-hydrogen) atoms. The minimum Gasteiger partial charge on any atom is -0.379 e. The van der Waals surface area contributed by atoms with Gasteiger partial charge in [-0.1, -0.05) is 40.9 Å². The third-order valence-electron chi connectivity index (χ3n) is 5.53. The van der Waals surface area contributed by atoms with Crippen molar-refractivity contribution in [2.75, 3.05) is 12.4 Å². The molecule has 140 valence electrons. The van der Waals surface area contributed by atoms with E-state index in [1.165, 1.54) is 7.11 Å². The van der Waals surface area contributed by atoms with Crippen molar-refractivity contribution in [1.29, 1.82) is 0 Å². The molecule has 3 atom stereocenters. The van der Waals surface area contributed by atoms with Crippen LogP contribution in [0, 0.1) is 0 Å². The maximum atomic E-state index is 13.3. The van der Waals surface area contributed by atoms with E-state index in [0.29, 0.717) is 20.8 Å². The molecule has 1 aliphatic carbocycles. The van der Waals surface area contributed by atoms with Crippen molar-refractivity contribution in [2.24, 2.45) is 0 Å². The molecule has 4 rings (SSSR count). The number of hydrogen-bond acceptors (Lipinski definition) is 3. The van der Waals surface area contributed by atoms with Crippen LogP contribution in [0.25, 0.3) is 0 Å². The highest BCUT2D eigenvalue weighted by atomic mass is 35.5. The number of nitrogens with one attached hydrogen (secondary N) is 1. The molecule has 0 radical (unpaired) electrons. The number of halogens is 3. The molecular weight excluding hydrogens is 409 g/mol. The minimum absolute atomic E-state index is 0.0313. The second-order valence-corrected chi connectivity index (χ2v) is 8.25. The summed E-state index contributed by atoms with van der Waals surface area (Å²) in [5, 5.41) is 4.35. The van der Waals surface area contributed by atoms with Gasteiger partial charge in [0.1, 0.15) is 11.2 Å². The summed E-state index contributed by atoms with van der Waals surface area (Å²) in [7, 11) is 1.52. The number of carbonyl (C=O) groups is 2. The van der Waals surface area contributed by atoms with Crippen LogP contribution >= 0.6 is 34.8 Å². The zero-order chi connectivity index (χ0) is 19.3. The molecule has 1 N–H and O–H groups in total. The first kappa shape index (κ1) is 18.8. The normalized spacial score (nSPS) is 27.0. The molecule has 0 saturated heterocycles. The summed E-state index contributed by atoms with van der Waals surface area (Å²) in [4.78, 5) is 25.8. The molecule has 1 aliphatic heterocycles. The van der Waals surface area contributed by atoms with Gasteiger partial charge in [-0.15, -0.1) is 0 Å². The van der Waals surface area contributed by atoms with E-state index >= 15 is 0 Å². The highest BCUT2D eigenvalue weighted by Gasteiger charge is 2.61. The van der Waals surface area contributed by atoms with Gasteiger partial charge in [0, 0.05) is 46.6 Å². The first-order valence-corrected chi connectivity index (χ1v) is 9.61. The lowest BCUT2D eigenvalue weighted by Gasteiger charge is -2.44. The van der Waals surface area contributed by atoms with Crippen molar-refractivity contribution >= 4 is 52.2 Å². The molecule has 4 nitrogen and oxygen atoms in total. The number of ether oxygens (including phenoxy) is 1. The Morgan fingerprint density at radius 1 is 1.00 bits per heavy atom. The molecule has 7 heteroatoms. The lowest BCUT2D eigenvalue weighted by Crippen LogP contribution is -2.55. The number of methoxy groups -OCH3 is 1. The van der Waals surface area contributed by atoms with E-state index in [9.17, 15) is 9.59 Å². The van der Waals surface area contributed by atoms with E-state index in [0.717, 1.165) is 11.1 Å². The van der Waals surface area contributed by atoms with Gasteiger partial charge in [-0.3, -0.25) is 9.59 Å². The first-order chi connectivity index (χ1) is 12.9. The van der Waals surface area contributed by atoms with Gasteiger partial charge in [-0.05, 0) is 41.5 Å². The second kappa shape index (κ2) is 6.78. The number of carbonyl (C=O) groups excluding carboxylic acids is 2. The summed E-state index contributed by atoms with van der Waals surface area (Å²) >= 11 is 18.5. The van der Waals surface area contributed by atoms with Crippen LogP contribution in [0.15, 0.2) is 36.4 Å². The lowest BCUT2D eigenvalue weighted by molar-refractivity contribution is -0.137. The summed E-state index contributed by atoms with van der Waals surface area (Å²) in [6.45, 7) is 0. The van der Waals surface area contributed by atoms with Crippen LogP contribution in [-0.4, -0.2) is 24.9 Å². The molecule has 0 bridgehead atoms. The zero-order valence-corrected chi connectivity index (χ0v) is 16.7. The fourth-order valence-electron chi connectivity index (χ4n) is 4.48. The van der Waals surface area contributed by atoms with Gasteiger partial charge in [-0.2, -0.15) is 0 Å². The largest absolute Gasteiger partial charge is 0.379 e. The Morgan fingerprint density at radius 2 is 1.70 bits per heavy atom. The van der Waals surface area contributed by atoms with Crippen molar-refractivity contribution in [1.82, 2.24) is 0 Å². The summed E-state index contributed by atoms with van der Waals surface area (Å²) in [5.74, 6) is -0.633. The van der Waals surface area contributed by atoms with E-state index in [4.69, 9.17) is 39.5 Å². The van der Waals surface area contributed by atoms with E-state index in [1.807, 2.05) is 6.07 Å². The number of fused-ring (bicyclic) bond motifs is 2. The Balaban J connectivity index is 1.99. The van der Waals surface area contributed by atoms with Crippen LogP contribution in [0.2, 0.25) is 15.1 Å². The first-order valence-electron chi connectivity index (χ1n) is 8.48. The Morgan fingerprint density at radius 3 is 2.37 bits per heavy atom. The van der Waals surface area contributed by atoms with Crippen molar-refractivity contribution in [3.8, 4) is 0 Å². The zero-order valence-electron chi connectivity index (χ0n) is 14.4. The van der Waals surface area contributed by atoms with Gasteiger partial charge >= 0.3 is 0 Å². The third-order valence-corrected chi connectivity index (χ3v) is 6.20. The number of rotatable bonds is 2. The number of Topliss-reactive ketones (excluding diaryl/α,β-unsaturated/α-hetero) is 1. The van der Waals surface area contributed by atoms with Gasteiger partial charge in [-0.25, -0.2) is 0 Å². The third kappa shape index (κ3) is 2.87. The summed E-state index contributed by atoms with van der Waals surface area (Å²) < 4.78 is 5.69. The molecule has 1 spiro atoms. The maximum Gasteiger partial charge on any atom is 0.238 e. The van der Waals surface area contributed by atoms with Gasteiger partial charge in [0.25, 0.3) is 0 Å². The number of ketones is 1. The van der Waals surface area contributed by atoms with E-state index in [1.54, 1.807) is 30.3 Å². The van der Waals surface area contributed by atoms with Gasteiger partial charge in [0.15, 0.2) is 0 Å². The van der Waals surface area contributed by atoms with Gasteiger partial charge < -0.3 is 10.1 Å². The predicted molar refractivity (Wildman–Crippen MR) is 106 cm³/mol. The van der Waals surface area contributed by atoms with Crippen molar-refractivity contribution in [2.45, 2.75) is 30.3 Å². The SMILES string of the molecule is CO[C@H]1CC(=O)C[C@@H](c2cc(Cl)cc(Cl)c2)[C@]12C(=O)Nc1cc(Cl)ccc12. The quantitative estimate of drug-likeness (QED) is 0.738. The Kier molecular flexibility index (Phi) is 4.71. The molecular formula is C20H16Cl3NO3. The maximum absolute atomic E-state index is 13.3. The van der Waals surface area contributed by atoms with Gasteiger partial charge in [0.05, 0.1) is 6.10 Å². The number of benzene rings is 2. The monoisotopic (exact) mass is 423 g/mol. The van der Waals surface area contributed by atoms with Crippen LogP contribution in [0.1, 0.15) is 29.9 Å². The molecule has 1 fully saturated rings.